The third-order valence-corrected chi connectivity index (χ3v) is 1.93. The molecule has 0 spiro atoms. The van der Waals surface area contributed by atoms with Crippen molar-refractivity contribution >= 4 is 15.9 Å². The minimum absolute atomic E-state index is 0. The third-order valence-electron chi connectivity index (χ3n) is 1.29. The Morgan fingerprint density at radius 1 is 1.29 bits per heavy atom. The Bertz CT molecular complexity index is 288. The van der Waals surface area contributed by atoms with E-state index in [0.717, 1.165) is 5.56 Å². The molecule has 0 saturated heterocycles. The lowest BCUT2D eigenvalue weighted by Crippen LogP contribution is -3.00. The second-order valence-corrected chi connectivity index (χ2v) is 2.89. The van der Waals surface area contributed by atoms with E-state index >= 15 is 0 Å². The molecule has 0 N–H and O–H groups in total. The normalized spacial score (nSPS) is 10.6. The lowest BCUT2D eigenvalue weighted by Gasteiger charge is -2.08. The monoisotopic (exact) mass is 333 g/mol. The summed E-state index contributed by atoms with van der Waals surface area (Å²) in [5.41, 5.74) is 0.738. The first-order valence-corrected chi connectivity index (χ1v) is 4.54. The molecule has 0 aliphatic rings. The van der Waals surface area contributed by atoms with Crippen LogP contribution in [-0.2, 0) is 5.33 Å². The van der Waals surface area contributed by atoms with E-state index < -0.39 is 6.36 Å². The fourth-order valence-corrected chi connectivity index (χ4v) is 1.17. The molecule has 1 aromatic rings. The quantitative estimate of drug-likeness (QED) is 0.715. The van der Waals surface area contributed by atoms with Crippen molar-refractivity contribution in [2.24, 2.45) is 0 Å². The van der Waals surface area contributed by atoms with Gasteiger partial charge in [0.05, 0.1) is 0 Å². The van der Waals surface area contributed by atoms with Gasteiger partial charge in [0.15, 0.2) is 0 Å². The summed E-state index contributed by atoms with van der Waals surface area (Å²) in [7, 11) is 0. The molecule has 0 saturated carbocycles. The molecule has 0 fully saturated rings. The van der Waals surface area contributed by atoms with E-state index in [1.54, 1.807) is 6.07 Å². The number of rotatable bonds is 2. The highest BCUT2D eigenvalue weighted by Gasteiger charge is 2.30. The van der Waals surface area contributed by atoms with E-state index in [2.05, 4.69) is 20.7 Å². The van der Waals surface area contributed by atoms with Crippen LogP contribution in [0.1, 0.15) is 5.56 Å². The van der Waals surface area contributed by atoms with Gasteiger partial charge in [-0.15, -0.1) is 13.2 Å². The summed E-state index contributed by atoms with van der Waals surface area (Å²) < 4.78 is 39.0. The average molecular weight is 335 g/mol. The summed E-state index contributed by atoms with van der Waals surface area (Å²) in [6.45, 7) is 0. The largest absolute Gasteiger partial charge is 1.00 e. The molecular formula is C8H6Br2F3O-. The minimum atomic E-state index is -4.62. The SMILES string of the molecule is FC(F)(F)Oc1cccc(CBr)c1.[Br-]. The number of halogens is 5. The van der Waals surface area contributed by atoms with E-state index in [0.29, 0.717) is 5.33 Å². The van der Waals surface area contributed by atoms with Crippen molar-refractivity contribution in [3.63, 3.8) is 0 Å². The second-order valence-electron chi connectivity index (χ2n) is 2.33. The molecule has 14 heavy (non-hydrogen) atoms. The number of benzene rings is 1. The Morgan fingerprint density at radius 2 is 1.93 bits per heavy atom. The maximum atomic E-state index is 11.7. The van der Waals surface area contributed by atoms with E-state index in [9.17, 15) is 13.2 Å². The van der Waals surface area contributed by atoms with Gasteiger partial charge in [-0.1, -0.05) is 28.1 Å². The molecule has 0 amide bonds. The van der Waals surface area contributed by atoms with Crippen LogP contribution in [0, 0.1) is 0 Å². The van der Waals surface area contributed by atoms with Crippen LogP contribution in [-0.4, -0.2) is 6.36 Å². The van der Waals surface area contributed by atoms with Crippen molar-refractivity contribution in [1.29, 1.82) is 0 Å². The lowest BCUT2D eigenvalue weighted by molar-refractivity contribution is -0.274. The predicted octanol–water partition coefficient (Wildman–Crippen LogP) is 0.484. The molecule has 0 atom stereocenters. The standard InChI is InChI=1S/C8H6BrF3O.BrH/c9-5-6-2-1-3-7(4-6)13-8(10,11)12;/h1-4H,5H2;1H/p-1. The van der Waals surface area contributed by atoms with Gasteiger partial charge in [-0.3, -0.25) is 0 Å². The Hall–Kier alpha value is -0.230. The maximum Gasteiger partial charge on any atom is 0.573 e. The van der Waals surface area contributed by atoms with Gasteiger partial charge in [-0.05, 0) is 17.7 Å². The first-order chi connectivity index (χ1) is 6.01. The second kappa shape index (κ2) is 5.60. The highest BCUT2D eigenvalue weighted by atomic mass is 79.9. The summed E-state index contributed by atoms with van der Waals surface area (Å²) in [5, 5.41) is 0.502. The Labute approximate surface area is 98.2 Å². The molecular weight excluding hydrogens is 329 g/mol. The molecule has 1 rings (SSSR count). The van der Waals surface area contributed by atoms with Gasteiger partial charge in [-0.2, -0.15) is 0 Å². The van der Waals surface area contributed by atoms with E-state index in [1.807, 2.05) is 0 Å². The van der Waals surface area contributed by atoms with Gasteiger partial charge in [-0.25, -0.2) is 0 Å². The van der Waals surface area contributed by atoms with Gasteiger partial charge in [0, 0.05) is 5.33 Å². The summed E-state index contributed by atoms with van der Waals surface area (Å²) in [4.78, 5) is 0. The minimum Gasteiger partial charge on any atom is -1.00 e. The molecule has 80 valence electrons. The molecule has 0 unspecified atom stereocenters. The van der Waals surface area contributed by atoms with Gasteiger partial charge < -0.3 is 21.7 Å². The van der Waals surface area contributed by atoms with Crippen molar-refractivity contribution in [3.05, 3.63) is 29.8 Å². The first kappa shape index (κ1) is 13.8. The predicted molar refractivity (Wildman–Crippen MR) is 45.8 cm³/mol. The van der Waals surface area contributed by atoms with Crippen LogP contribution < -0.4 is 21.7 Å². The summed E-state index contributed by atoms with van der Waals surface area (Å²) in [6, 6.07) is 5.82. The molecule has 0 bridgehead atoms. The topological polar surface area (TPSA) is 9.23 Å². The molecule has 0 aliphatic heterocycles. The van der Waals surface area contributed by atoms with Gasteiger partial charge in [0.25, 0.3) is 0 Å². The van der Waals surface area contributed by atoms with Crippen LogP contribution in [0.15, 0.2) is 24.3 Å². The zero-order chi connectivity index (χ0) is 9.90. The molecule has 0 heterocycles. The smallest absolute Gasteiger partial charge is 0.573 e. The van der Waals surface area contributed by atoms with Crippen molar-refractivity contribution in [3.8, 4) is 5.75 Å². The van der Waals surface area contributed by atoms with Gasteiger partial charge in [0.1, 0.15) is 5.75 Å². The van der Waals surface area contributed by atoms with Gasteiger partial charge >= 0.3 is 6.36 Å². The zero-order valence-electron chi connectivity index (χ0n) is 6.81. The Kier molecular flexibility index (Phi) is 5.51. The van der Waals surface area contributed by atoms with Gasteiger partial charge in [0.2, 0.25) is 0 Å². The molecule has 1 nitrogen and oxygen atoms in total. The maximum absolute atomic E-state index is 11.7. The summed E-state index contributed by atoms with van der Waals surface area (Å²) in [5.74, 6) is -0.190. The molecule has 0 aromatic heterocycles. The number of hydrogen-bond donors (Lipinski definition) is 0. The number of hydrogen-bond acceptors (Lipinski definition) is 1. The van der Waals surface area contributed by atoms with E-state index in [4.69, 9.17) is 0 Å². The molecule has 1 aromatic carbocycles. The Morgan fingerprint density at radius 3 is 2.43 bits per heavy atom. The van der Waals surface area contributed by atoms with Crippen LogP contribution in [0.3, 0.4) is 0 Å². The average Bonchev–Trinajstić information content (AvgIpc) is 2.01. The molecule has 6 heteroatoms. The van der Waals surface area contributed by atoms with E-state index in [-0.39, 0.29) is 22.7 Å². The fraction of sp³-hybridized carbons (Fsp3) is 0.250. The van der Waals surface area contributed by atoms with Crippen LogP contribution in [0.25, 0.3) is 0 Å². The van der Waals surface area contributed by atoms with E-state index in [1.165, 1.54) is 18.2 Å². The zero-order valence-corrected chi connectivity index (χ0v) is 9.99. The summed E-state index contributed by atoms with van der Waals surface area (Å²) >= 11 is 3.13. The summed E-state index contributed by atoms with van der Waals surface area (Å²) in [6.07, 6.45) is -4.62. The van der Waals surface area contributed by atoms with Crippen molar-refractivity contribution in [2.75, 3.05) is 0 Å². The highest BCUT2D eigenvalue weighted by Crippen LogP contribution is 2.23. The Balaban J connectivity index is 0.00000169. The lowest BCUT2D eigenvalue weighted by atomic mass is 10.2. The third kappa shape index (κ3) is 4.85. The first-order valence-electron chi connectivity index (χ1n) is 3.42. The van der Waals surface area contributed by atoms with Crippen LogP contribution >= 0.6 is 15.9 Å². The molecule has 0 radical (unpaired) electrons. The number of alkyl halides is 4. The molecule has 0 aliphatic carbocycles. The van der Waals surface area contributed by atoms with Crippen molar-refractivity contribution in [1.82, 2.24) is 0 Å². The highest BCUT2D eigenvalue weighted by molar-refractivity contribution is 9.08. The van der Waals surface area contributed by atoms with Crippen LogP contribution in [0.4, 0.5) is 13.2 Å². The van der Waals surface area contributed by atoms with Crippen molar-refractivity contribution in [2.45, 2.75) is 11.7 Å². The fourth-order valence-electron chi connectivity index (χ4n) is 0.826. The number of ether oxygens (including phenoxy) is 1. The van der Waals surface area contributed by atoms with Crippen LogP contribution in [0.5, 0.6) is 5.75 Å². The van der Waals surface area contributed by atoms with Crippen molar-refractivity contribution < 1.29 is 34.9 Å². The van der Waals surface area contributed by atoms with Crippen LogP contribution in [0.2, 0.25) is 0 Å².